The van der Waals surface area contributed by atoms with Gasteiger partial charge in [0.2, 0.25) is 11.8 Å². The monoisotopic (exact) mass is 654 g/mol. The van der Waals surface area contributed by atoms with E-state index in [1.54, 1.807) is 21.7 Å². The Kier molecular flexibility index (Phi) is 18.1. The van der Waals surface area contributed by atoms with Gasteiger partial charge in [-0.2, -0.15) is 31.6 Å². The molecule has 1 atom stereocenters. The number of amides is 2. The van der Waals surface area contributed by atoms with Crippen molar-refractivity contribution >= 4 is 35.5 Å². The molecule has 2 rings (SSSR count). The SMILES string of the molecule is CC(C)OCCCNC(=O)CN1CCC(N(N)CC(=O)N2CSCC2C#N)CC1.O=C(O)C(F)(F)F.O=C(O)C(F)(F)F. The highest BCUT2D eigenvalue weighted by Crippen LogP contribution is 2.21. The number of carbonyl (C=O) groups is 4. The van der Waals surface area contributed by atoms with Crippen molar-refractivity contribution in [1.82, 2.24) is 20.1 Å². The number of hydrogen-bond acceptors (Lipinski definition) is 10. The Hall–Kier alpha value is -2.86. The largest absolute Gasteiger partial charge is 0.490 e. The van der Waals surface area contributed by atoms with Gasteiger partial charge in [-0.25, -0.2) is 14.6 Å². The normalized spacial score (nSPS) is 17.8. The molecule has 0 aromatic rings. The van der Waals surface area contributed by atoms with Crippen LogP contribution in [0.3, 0.4) is 0 Å². The molecule has 1 unspecified atom stereocenters. The summed E-state index contributed by atoms with van der Waals surface area (Å²) in [4.78, 5) is 46.0. The number of hydrazine groups is 1. The van der Waals surface area contributed by atoms with Crippen molar-refractivity contribution in [3.63, 3.8) is 0 Å². The van der Waals surface area contributed by atoms with E-state index in [1.807, 2.05) is 13.8 Å². The Morgan fingerprint density at radius 3 is 2.05 bits per heavy atom. The van der Waals surface area contributed by atoms with E-state index < -0.39 is 24.3 Å². The van der Waals surface area contributed by atoms with E-state index in [4.69, 9.17) is 35.6 Å². The van der Waals surface area contributed by atoms with E-state index in [-0.39, 0.29) is 36.5 Å². The van der Waals surface area contributed by atoms with E-state index in [0.717, 1.165) is 32.4 Å². The van der Waals surface area contributed by atoms with Crippen molar-refractivity contribution in [2.45, 2.75) is 63.7 Å². The number of rotatable bonds is 10. The summed E-state index contributed by atoms with van der Waals surface area (Å²) >= 11 is 1.59. The Bertz CT molecular complexity index is 919. The lowest BCUT2D eigenvalue weighted by atomic mass is 10.0. The maximum absolute atomic E-state index is 12.4. The Labute approximate surface area is 248 Å². The molecule has 0 saturated carbocycles. The van der Waals surface area contributed by atoms with Crippen LogP contribution in [0.1, 0.15) is 33.1 Å². The van der Waals surface area contributed by atoms with Crippen molar-refractivity contribution in [3.05, 3.63) is 0 Å². The van der Waals surface area contributed by atoms with Gasteiger partial charge in [0.1, 0.15) is 6.04 Å². The fraction of sp³-hybridized carbons (Fsp3) is 0.783. The minimum Gasteiger partial charge on any atom is -0.475 e. The molecule has 2 fully saturated rings. The number of alkyl halides is 6. The van der Waals surface area contributed by atoms with Gasteiger partial charge in [-0.1, -0.05) is 0 Å². The third kappa shape index (κ3) is 17.8. The number of halogens is 6. The third-order valence-electron chi connectivity index (χ3n) is 5.64. The first-order valence-electron chi connectivity index (χ1n) is 12.8. The second kappa shape index (κ2) is 19.4. The molecule has 0 aliphatic carbocycles. The lowest BCUT2D eigenvalue weighted by Gasteiger charge is -2.36. The molecule has 248 valence electrons. The van der Waals surface area contributed by atoms with Crippen LogP contribution < -0.4 is 11.2 Å². The number of aliphatic carboxylic acids is 2. The van der Waals surface area contributed by atoms with Gasteiger partial charge in [-0.3, -0.25) is 20.3 Å². The number of piperidine rings is 1. The Morgan fingerprint density at radius 1 is 1.09 bits per heavy atom. The fourth-order valence-corrected chi connectivity index (χ4v) is 4.56. The molecule has 0 aromatic heterocycles. The van der Waals surface area contributed by atoms with Gasteiger partial charge in [0, 0.05) is 38.0 Å². The number of nitrogens with two attached hydrogens (primary N) is 1. The number of ether oxygens (including phenoxy) is 1. The molecular formula is C23H36F6N6O7S. The van der Waals surface area contributed by atoms with Gasteiger partial charge in [0.25, 0.3) is 0 Å². The van der Waals surface area contributed by atoms with E-state index in [1.165, 1.54) is 0 Å². The van der Waals surface area contributed by atoms with Crippen molar-refractivity contribution in [3.8, 4) is 6.07 Å². The zero-order valence-corrected chi connectivity index (χ0v) is 24.3. The van der Waals surface area contributed by atoms with E-state index in [0.29, 0.717) is 31.3 Å². The molecule has 13 nitrogen and oxygen atoms in total. The maximum atomic E-state index is 12.4. The van der Waals surface area contributed by atoms with Crippen LogP contribution in [0.25, 0.3) is 0 Å². The van der Waals surface area contributed by atoms with Gasteiger partial charge < -0.3 is 25.2 Å². The third-order valence-corrected chi connectivity index (χ3v) is 6.65. The molecular weight excluding hydrogens is 618 g/mol. The molecule has 2 amide bonds. The Balaban J connectivity index is 0.00000104. The van der Waals surface area contributed by atoms with E-state index >= 15 is 0 Å². The standard InChI is InChI=1S/C19H34N6O3S.2C2HF3O2/c1-15(2)28-9-3-6-22-18(26)11-23-7-4-16(5-8-23)25(21)12-19(27)24-14-29-13-17(24)10-20;2*3-2(4,5)1(6)7/h15-17H,3-9,11-14,21H2,1-2H3,(H,22,26);2*(H,6,7). The lowest BCUT2D eigenvalue weighted by Crippen LogP contribution is -2.53. The van der Waals surface area contributed by atoms with Gasteiger partial charge in [0.05, 0.1) is 31.1 Å². The van der Waals surface area contributed by atoms with Crippen molar-refractivity contribution in [2.75, 3.05) is 51.0 Å². The molecule has 5 N–H and O–H groups in total. The summed E-state index contributed by atoms with van der Waals surface area (Å²) in [6.07, 6.45) is -7.51. The molecule has 0 aromatic carbocycles. The summed E-state index contributed by atoms with van der Waals surface area (Å²) in [7, 11) is 0. The van der Waals surface area contributed by atoms with Crippen LogP contribution in [0.15, 0.2) is 0 Å². The molecule has 20 heteroatoms. The van der Waals surface area contributed by atoms with Crippen LogP contribution in [-0.4, -0.2) is 130 Å². The number of carbonyl (C=O) groups excluding carboxylic acids is 2. The van der Waals surface area contributed by atoms with Gasteiger partial charge in [-0.05, 0) is 33.1 Å². The summed E-state index contributed by atoms with van der Waals surface area (Å²) in [5.41, 5.74) is 0. The summed E-state index contributed by atoms with van der Waals surface area (Å²) in [5, 5.41) is 27.9. The van der Waals surface area contributed by atoms with Crippen LogP contribution in [-0.2, 0) is 23.9 Å². The van der Waals surface area contributed by atoms with Crippen molar-refractivity contribution in [2.24, 2.45) is 5.84 Å². The van der Waals surface area contributed by atoms with Crippen molar-refractivity contribution in [1.29, 1.82) is 5.26 Å². The van der Waals surface area contributed by atoms with E-state index in [9.17, 15) is 35.9 Å². The van der Waals surface area contributed by atoms with Gasteiger partial charge >= 0.3 is 24.3 Å². The lowest BCUT2D eigenvalue weighted by molar-refractivity contribution is -0.193. The highest BCUT2D eigenvalue weighted by Gasteiger charge is 2.39. The molecule has 2 heterocycles. The van der Waals surface area contributed by atoms with Crippen LogP contribution in [0.2, 0.25) is 0 Å². The summed E-state index contributed by atoms with van der Waals surface area (Å²) in [5.74, 6) is 1.80. The second-order valence-electron chi connectivity index (χ2n) is 9.42. The number of nitrogens with zero attached hydrogens (tertiary/aromatic N) is 4. The summed E-state index contributed by atoms with van der Waals surface area (Å²) in [6, 6.07) is 1.94. The first kappa shape index (κ1) is 40.1. The average Bonchev–Trinajstić information content (AvgIpc) is 3.37. The quantitative estimate of drug-likeness (QED) is 0.114. The average molecular weight is 655 g/mol. The number of likely N-dealkylation sites (tertiary alicyclic amines) is 1. The van der Waals surface area contributed by atoms with Crippen LogP contribution in [0.5, 0.6) is 0 Å². The number of nitrogens with one attached hydrogen (secondary N) is 1. The molecule has 0 radical (unpaired) electrons. The molecule has 0 bridgehead atoms. The number of nitriles is 1. The topological polar surface area (TPSA) is 190 Å². The van der Waals surface area contributed by atoms with Crippen LogP contribution >= 0.6 is 11.8 Å². The number of hydrogen-bond donors (Lipinski definition) is 4. The first-order chi connectivity index (χ1) is 19.8. The number of carboxylic acid groups (broad SMARTS) is 2. The van der Waals surface area contributed by atoms with Gasteiger partial charge in [0.15, 0.2) is 0 Å². The smallest absolute Gasteiger partial charge is 0.475 e. The molecule has 43 heavy (non-hydrogen) atoms. The second-order valence-corrected chi connectivity index (χ2v) is 10.4. The zero-order valence-electron chi connectivity index (χ0n) is 23.5. The van der Waals surface area contributed by atoms with Crippen LogP contribution in [0.4, 0.5) is 26.3 Å². The summed E-state index contributed by atoms with van der Waals surface area (Å²) in [6.45, 7) is 7.33. The van der Waals surface area contributed by atoms with E-state index in [2.05, 4.69) is 16.3 Å². The first-order valence-corrected chi connectivity index (χ1v) is 13.9. The fourth-order valence-electron chi connectivity index (χ4n) is 3.46. The van der Waals surface area contributed by atoms with Crippen molar-refractivity contribution < 1.29 is 60.5 Å². The highest BCUT2D eigenvalue weighted by molar-refractivity contribution is 7.99. The highest BCUT2D eigenvalue weighted by atomic mass is 32.2. The molecule has 0 spiro atoms. The minimum absolute atomic E-state index is 0.0295. The number of thioether (sulfide) groups is 1. The molecule has 2 saturated heterocycles. The molecule has 2 aliphatic rings. The predicted molar refractivity (Wildman–Crippen MR) is 140 cm³/mol. The number of carboxylic acids is 2. The molecule has 2 aliphatic heterocycles. The van der Waals surface area contributed by atoms with Gasteiger partial charge in [-0.15, -0.1) is 11.8 Å². The van der Waals surface area contributed by atoms with Crippen LogP contribution in [0, 0.1) is 11.3 Å². The minimum atomic E-state index is -5.08. The predicted octanol–water partition coefficient (Wildman–Crippen LogP) is 1.25. The summed E-state index contributed by atoms with van der Waals surface area (Å²) < 4.78 is 68.9. The Morgan fingerprint density at radius 2 is 1.60 bits per heavy atom. The zero-order chi connectivity index (χ0) is 33.4. The maximum Gasteiger partial charge on any atom is 0.490 e.